The zero-order chi connectivity index (χ0) is 36.6. The van der Waals surface area contributed by atoms with Crippen molar-refractivity contribution in [1.82, 2.24) is 10.6 Å². The Morgan fingerprint density at radius 1 is 0.627 bits per heavy atom. The molecule has 2 aromatic rings. The first kappa shape index (κ1) is 41.4. The SMILES string of the molecule is CC(C)(C)OC(=O)NCCOCCOCCOCCOCCOCCOCCNC(=O)CCC(=O)N1Cc2ccccc2C#Cc2ccccc21. The monoisotopic (exact) mass is 711 g/mol. The molecule has 1 aliphatic rings. The van der Waals surface area contributed by atoms with Crippen molar-refractivity contribution < 1.29 is 47.5 Å². The Balaban J connectivity index is 1.08. The molecule has 0 spiro atoms. The number of carbonyl (C=O) groups is 3. The first-order valence-electron chi connectivity index (χ1n) is 17.4. The van der Waals surface area contributed by atoms with Crippen molar-refractivity contribution in [3.05, 3.63) is 65.2 Å². The summed E-state index contributed by atoms with van der Waals surface area (Å²) in [6, 6.07) is 15.4. The smallest absolute Gasteiger partial charge is 0.407 e. The fourth-order valence-electron chi connectivity index (χ4n) is 4.66. The van der Waals surface area contributed by atoms with E-state index in [1.807, 2.05) is 69.3 Å². The fourth-order valence-corrected chi connectivity index (χ4v) is 4.66. The van der Waals surface area contributed by atoms with Crippen molar-refractivity contribution in [2.75, 3.05) is 97.3 Å². The molecule has 0 saturated carbocycles. The number of fused-ring (bicyclic) bond motifs is 2. The molecule has 13 heteroatoms. The van der Waals surface area contributed by atoms with Gasteiger partial charge in [0.05, 0.1) is 91.5 Å². The summed E-state index contributed by atoms with van der Waals surface area (Å²) in [4.78, 5) is 38.9. The molecule has 0 aromatic heterocycles. The Morgan fingerprint density at radius 2 is 1.10 bits per heavy atom. The molecule has 0 saturated heterocycles. The van der Waals surface area contributed by atoms with E-state index in [1.165, 1.54) is 0 Å². The van der Waals surface area contributed by atoms with Crippen LogP contribution in [-0.4, -0.2) is 116 Å². The van der Waals surface area contributed by atoms with Crippen molar-refractivity contribution in [1.29, 1.82) is 0 Å². The standard InChI is InChI=1S/C38H53N3O10/c1-38(2,3)51-37(44)40-17-19-46-21-23-48-25-27-50-29-28-49-26-24-47-22-20-45-18-16-39-35(42)14-15-36(43)41-30-33-10-5-4-8-31(33)12-13-32-9-6-7-11-34(32)41/h4-11H,14-30H2,1-3H3,(H,39,42)(H,40,44). The lowest BCUT2D eigenvalue weighted by molar-refractivity contribution is -0.125. The molecule has 0 aliphatic carbocycles. The van der Waals surface area contributed by atoms with Crippen LogP contribution < -0.4 is 15.5 Å². The van der Waals surface area contributed by atoms with Crippen molar-refractivity contribution in [2.24, 2.45) is 0 Å². The summed E-state index contributed by atoms with van der Waals surface area (Å²) < 4.78 is 37.9. The molecule has 51 heavy (non-hydrogen) atoms. The molecule has 280 valence electrons. The number of amides is 3. The van der Waals surface area contributed by atoms with Crippen molar-refractivity contribution in [3.63, 3.8) is 0 Å². The molecule has 2 N–H and O–H groups in total. The van der Waals surface area contributed by atoms with Crippen LogP contribution in [0.1, 0.15) is 50.3 Å². The van der Waals surface area contributed by atoms with Crippen molar-refractivity contribution >= 4 is 23.6 Å². The number of benzene rings is 2. The Labute approximate surface area is 301 Å². The number of para-hydroxylation sites is 1. The number of nitrogens with one attached hydrogen (secondary N) is 2. The molecule has 1 heterocycles. The van der Waals surface area contributed by atoms with E-state index in [0.29, 0.717) is 98.9 Å². The Kier molecular flexibility index (Phi) is 19.6. The van der Waals surface area contributed by atoms with Gasteiger partial charge in [-0.05, 0) is 44.5 Å². The van der Waals surface area contributed by atoms with Gasteiger partial charge in [0.25, 0.3) is 0 Å². The van der Waals surface area contributed by atoms with Gasteiger partial charge in [-0.3, -0.25) is 9.59 Å². The third kappa shape index (κ3) is 18.2. The van der Waals surface area contributed by atoms with Gasteiger partial charge in [0.2, 0.25) is 11.8 Å². The highest BCUT2D eigenvalue weighted by molar-refractivity contribution is 5.96. The third-order valence-corrected chi connectivity index (χ3v) is 7.08. The predicted octanol–water partition coefficient (Wildman–Crippen LogP) is 3.45. The number of rotatable bonds is 24. The second-order valence-electron chi connectivity index (χ2n) is 12.4. The maximum absolute atomic E-state index is 13.3. The van der Waals surface area contributed by atoms with E-state index in [0.717, 1.165) is 22.4 Å². The highest BCUT2D eigenvalue weighted by Gasteiger charge is 2.21. The molecule has 3 rings (SSSR count). The van der Waals surface area contributed by atoms with Crippen LogP contribution in [0.15, 0.2) is 48.5 Å². The molecule has 0 unspecified atom stereocenters. The van der Waals surface area contributed by atoms with Crippen LogP contribution in [0.25, 0.3) is 0 Å². The average Bonchev–Trinajstić information content (AvgIpc) is 3.09. The van der Waals surface area contributed by atoms with Gasteiger partial charge in [-0.2, -0.15) is 0 Å². The van der Waals surface area contributed by atoms with E-state index < -0.39 is 11.7 Å². The van der Waals surface area contributed by atoms with E-state index >= 15 is 0 Å². The molecule has 2 aromatic carbocycles. The van der Waals surface area contributed by atoms with Gasteiger partial charge in [-0.15, -0.1) is 0 Å². The number of hydrogen-bond acceptors (Lipinski definition) is 10. The summed E-state index contributed by atoms with van der Waals surface area (Å²) in [6.45, 7) is 11.6. The second kappa shape index (κ2) is 24.2. The maximum atomic E-state index is 13.3. The Hall–Kier alpha value is -4.03. The van der Waals surface area contributed by atoms with E-state index in [-0.39, 0.29) is 24.7 Å². The van der Waals surface area contributed by atoms with Crippen LogP contribution in [0, 0.1) is 11.8 Å². The molecule has 0 bridgehead atoms. The Bertz CT molecular complexity index is 1400. The predicted molar refractivity (Wildman–Crippen MR) is 191 cm³/mol. The molecular weight excluding hydrogens is 658 g/mol. The van der Waals surface area contributed by atoms with Gasteiger partial charge in [-0.1, -0.05) is 42.2 Å². The quantitative estimate of drug-likeness (QED) is 0.123. The highest BCUT2D eigenvalue weighted by Crippen LogP contribution is 2.26. The lowest BCUT2D eigenvalue weighted by Gasteiger charge is -2.26. The lowest BCUT2D eigenvalue weighted by atomic mass is 10.0. The van der Waals surface area contributed by atoms with Crippen LogP contribution >= 0.6 is 0 Å². The van der Waals surface area contributed by atoms with E-state index in [4.69, 9.17) is 33.2 Å². The first-order chi connectivity index (χ1) is 24.7. The van der Waals surface area contributed by atoms with Crippen molar-refractivity contribution in [3.8, 4) is 11.8 Å². The normalized spacial score (nSPS) is 12.1. The van der Waals surface area contributed by atoms with Crippen LogP contribution in [0.5, 0.6) is 0 Å². The zero-order valence-electron chi connectivity index (χ0n) is 30.2. The molecule has 0 fully saturated rings. The van der Waals surface area contributed by atoms with E-state index in [1.54, 1.807) is 4.90 Å². The first-order valence-corrected chi connectivity index (χ1v) is 17.4. The van der Waals surface area contributed by atoms with Gasteiger partial charge in [0.1, 0.15) is 5.60 Å². The summed E-state index contributed by atoms with van der Waals surface area (Å²) in [5.74, 6) is 6.06. The minimum absolute atomic E-state index is 0.0847. The number of anilines is 1. The zero-order valence-corrected chi connectivity index (χ0v) is 30.2. The Morgan fingerprint density at radius 3 is 1.67 bits per heavy atom. The number of carbonyl (C=O) groups excluding carboxylic acids is 3. The maximum Gasteiger partial charge on any atom is 0.407 e. The van der Waals surface area contributed by atoms with Crippen LogP contribution in [0.2, 0.25) is 0 Å². The third-order valence-electron chi connectivity index (χ3n) is 7.08. The number of hydrogen-bond donors (Lipinski definition) is 2. The van der Waals surface area contributed by atoms with Gasteiger partial charge in [0, 0.05) is 37.1 Å². The highest BCUT2D eigenvalue weighted by atomic mass is 16.6. The van der Waals surface area contributed by atoms with E-state index in [9.17, 15) is 14.4 Å². The van der Waals surface area contributed by atoms with Gasteiger partial charge in [0.15, 0.2) is 0 Å². The summed E-state index contributed by atoms with van der Waals surface area (Å²) in [5.41, 5.74) is 2.88. The average molecular weight is 712 g/mol. The van der Waals surface area contributed by atoms with Crippen LogP contribution in [0.4, 0.5) is 10.5 Å². The second-order valence-corrected chi connectivity index (χ2v) is 12.4. The van der Waals surface area contributed by atoms with Crippen molar-refractivity contribution in [2.45, 2.75) is 45.8 Å². The van der Waals surface area contributed by atoms with E-state index in [2.05, 4.69) is 22.5 Å². The molecular formula is C38H53N3O10. The summed E-state index contributed by atoms with van der Waals surface area (Å²) in [6.07, 6.45) is -0.291. The minimum Gasteiger partial charge on any atom is -0.444 e. The van der Waals surface area contributed by atoms with Crippen LogP contribution in [0.3, 0.4) is 0 Å². The molecule has 3 amide bonds. The van der Waals surface area contributed by atoms with Gasteiger partial charge in [-0.25, -0.2) is 4.79 Å². The van der Waals surface area contributed by atoms with Gasteiger partial charge < -0.3 is 48.7 Å². The summed E-state index contributed by atoms with van der Waals surface area (Å²) in [5, 5.41) is 5.43. The molecule has 0 radical (unpaired) electrons. The topological polar surface area (TPSA) is 143 Å². The summed E-state index contributed by atoms with van der Waals surface area (Å²) >= 11 is 0. The molecule has 1 aliphatic heterocycles. The number of ether oxygens (including phenoxy) is 7. The van der Waals surface area contributed by atoms with Gasteiger partial charge >= 0.3 is 6.09 Å². The minimum atomic E-state index is -0.522. The molecule has 13 nitrogen and oxygen atoms in total. The summed E-state index contributed by atoms with van der Waals surface area (Å²) in [7, 11) is 0. The number of alkyl carbamates (subject to hydrolysis) is 1. The van der Waals surface area contributed by atoms with Crippen LogP contribution in [-0.2, 0) is 49.3 Å². The lowest BCUT2D eigenvalue weighted by Crippen LogP contribution is -2.34. The largest absolute Gasteiger partial charge is 0.444 e. The fraction of sp³-hybridized carbons (Fsp3) is 0.553. The number of nitrogens with zero attached hydrogens (tertiary/aromatic N) is 1. The molecule has 0 atom stereocenters.